The number of aromatic nitrogens is 2. The number of carbonyl (C=O) groups excluding carboxylic acids is 2. The van der Waals surface area contributed by atoms with Crippen molar-refractivity contribution in [2.24, 2.45) is 7.05 Å². The second-order valence-electron chi connectivity index (χ2n) is 3.38. The minimum Gasteiger partial charge on any atom is -0.463 e. The molecule has 0 amide bonds. The van der Waals surface area contributed by atoms with Crippen molar-refractivity contribution in [1.82, 2.24) is 9.55 Å². The van der Waals surface area contributed by atoms with Gasteiger partial charge in [-0.25, -0.2) is 9.78 Å². The fourth-order valence-corrected chi connectivity index (χ4v) is 1.49. The molecule has 16 heavy (non-hydrogen) atoms. The molecule has 0 fully saturated rings. The first-order chi connectivity index (χ1) is 7.63. The third-order valence-electron chi connectivity index (χ3n) is 2.36. The summed E-state index contributed by atoms with van der Waals surface area (Å²) in [5.74, 6) is -1.52. The highest BCUT2D eigenvalue weighted by Gasteiger charge is 2.17. The van der Waals surface area contributed by atoms with Gasteiger partial charge in [0.05, 0.1) is 24.5 Å². The van der Waals surface area contributed by atoms with Crippen LogP contribution < -0.4 is 0 Å². The molecule has 5 nitrogen and oxygen atoms in total. The molecule has 0 N–H and O–H groups in total. The number of ether oxygens (including phenoxy) is 1. The lowest BCUT2D eigenvalue weighted by Crippen LogP contribution is -2.15. The van der Waals surface area contributed by atoms with Gasteiger partial charge in [-0.15, -0.1) is 0 Å². The Labute approximate surface area is 91.6 Å². The monoisotopic (exact) mass is 218 g/mol. The molecule has 0 spiro atoms. The molecule has 1 heterocycles. The highest BCUT2D eigenvalue weighted by atomic mass is 16.5. The van der Waals surface area contributed by atoms with Crippen molar-refractivity contribution in [2.45, 2.75) is 0 Å². The van der Waals surface area contributed by atoms with E-state index >= 15 is 0 Å². The normalized spacial score (nSPS) is 10.4. The molecule has 0 aliphatic rings. The first kappa shape index (κ1) is 10.4. The van der Waals surface area contributed by atoms with Crippen molar-refractivity contribution >= 4 is 22.8 Å². The zero-order valence-corrected chi connectivity index (χ0v) is 8.93. The van der Waals surface area contributed by atoms with Crippen LogP contribution in [0.15, 0.2) is 24.5 Å². The number of fused-ring (bicyclic) bond motifs is 1. The second kappa shape index (κ2) is 3.77. The van der Waals surface area contributed by atoms with Crippen LogP contribution in [0.3, 0.4) is 0 Å². The van der Waals surface area contributed by atoms with Gasteiger partial charge >= 0.3 is 5.97 Å². The second-order valence-corrected chi connectivity index (χ2v) is 3.38. The summed E-state index contributed by atoms with van der Waals surface area (Å²) < 4.78 is 6.20. The fourth-order valence-electron chi connectivity index (χ4n) is 1.49. The van der Waals surface area contributed by atoms with E-state index in [0.29, 0.717) is 5.52 Å². The predicted molar refractivity (Wildman–Crippen MR) is 57.1 cm³/mol. The summed E-state index contributed by atoms with van der Waals surface area (Å²) in [6.07, 6.45) is 1.65. The lowest BCUT2D eigenvalue weighted by Gasteiger charge is -1.99. The molecule has 1 aromatic heterocycles. The van der Waals surface area contributed by atoms with Gasteiger partial charge in [-0.05, 0) is 18.2 Å². The van der Waals surface area contributed by atoms with Crippen molar-refractivity contribution in [2.75, 3.05) is 7.11 Å². The predicted octanol–water partition coefficient (Wildman–Crippen LogP) is 0.929. The molecule has 0 radical (unpaired) electrons. The smallest absolute Gasteiger partial charge is 0.379 e. The van der Waals surface area contributed by atoms with Crippen LogP contribution in [0.5, 0.6) is 0 Å². The summed E-state index contributed by atoms with van der Waals surface area (Å²) >= 11 is 0. The number of nitrogens with zero attached hydrogens (tertiary/aromatic N) is 2. The molecule has 0 saturated carbocycles. The van der Waals surface area contributed by atoms with Crippen LogP contribution in [0.1, 0.15) is 10.4 Å². The maximum absolute atomic E-state index is 11.5. The average molecular weight is 218 g/mol. The first-order valence-electron chi connectivity index (χ1n) is 4.67. The maximum atomic E-state index is 11.5. The number of rotatable bonds is 2. The van der Waals surface area contributed by atoms with Crippen molar-refractivity contribution in [3.8, 4) is 0 Å². The van der Waals surface area contributed by atoms with Crippen molar-refractivity contribution in [1.29, 1.82) is 0 Å². The van der Waals surface area contributed by atoms with Gasteiger partial charge in [0.2, 0.25) is 0 Å². The number of hydrogen-bond acceptors (Lipinski definition) is 4. The summed E-state index contributed by atoms with van der Waals surface area (Å²) in [6.45, 7) is 0. The number of esters is 1. The minimum absolute atomic E-state index is 0.290. The van der Waals surface area contributed by atoms with Gasteiger partial charge in [0.1, 0.15) is 0 Å². The molecule has 0 bridgehead atoms. The number of aryl methyl sites for hydroxylation is 1. The van der Waals surface area contributed by atoms with Crippen LogP contribution in [-0.4, -0.2) is 28.4 Å². The molecule has 0 saturated heterocycles. The SMILES string of the molecule is COC(=O)C(=O)c1ccc2c(c1)ncn2C. The summed E-state index contributed by atoms with van der Waals surface area (Å²) in [4.78, 5) is 26.7. The molecule has 0 aliphatic heterocycles. The number of methoxy groups -OCH3 is 1. The van der Waals surface area contributed by atoms with Crippen LogP contribution in [0.2, 0.25) is 0 Å². The zero-order chi connectivity index (χ0) is 11.7. The Morgan fingerprint density at radius 1 is 1.38 bits per heavy atom. The molecule has 0 atom stereocenters. The zero-order valence-electron chi connectivity index (χ0n) is 8.93. The Morgan fingerprint density at radius 2 is 2.12 bits per heavy atom. The molecular formula is C11H10N2O3. The van der Waals surface area contributed by atoms with E-state index in [1.807, 2.05) is 11.6 Å². The highest BCUT2D eigenvalue weighted by molar-refractivity contribution is 6.40. The highest BCUT2D eigenvalue weighted by Crippen LogP contribution is 2.14. The summed E-state index contributed by atoms with van der Waals surface area (Å²) in [5.41, 5.74) is 1.87. The van der Waals surface area contributed by atoms with Gasteiger partial charge in [0.25, 0.3) is 5.78 Å². The van der Waals surface area contributed by atoms with Crippen molar-refractivity contribution in [3.63, 3.8) is 0 Å². The number of carbonyl (C=O) groups is 2. The summed E-state index contributed by atoms with van der Waals surface area (Å²) in [6, 6.07) is 4.91. The minimum atomic E-state index is -0.865. The molecule has 5 heteroatoms. The van der Waals surface area contributed by atoms with Gasteiger partial charge in [0.15, 0.2) is 0 Å². The van der Waals surface area contributed by atoms with Crippen LogP contribution in [0, 0.1) is 0 Å². The van der Waals surface area contributed by atoms with E-state index in [1.165, 1.54) is 7.11 Å². The van der Waals surface area contributed by atoms with Crippen LogP contribution in [0.4, 0.5) is 0 Å². The van der Waals surface area contributed by atoms with E-state index in [1.54, 1.807) is 24.5 Å². The van der Waals surface area contributed by atoms with Gasteiger partial charge in [-0.1, -0.05) is 0 Å². The average Bonchev–Trinajstić information content (AvgIpc) is 2.68. The van der Waals surface area contributed by atoms with E-state index in [0.717, 1.165) is 5.52 Å². The summed E-state index contributed by atoms with van der Waals surface area (Å²) in [7, 11) is 3.04. The Balaban J connectivity index is 2.47. The Kier molecular flexibility index (Phi) is 2.44. The lowest BCUT2D eigenvalue weighted by molar-refractivity contribution is -0.135. The Hall–Kier alpha value is -2.17. The number of hydrogen-bond donors (Lipinski definition) is 0. The standard InChI is InChI=1S/C11H10N2O3/c1-13-6-12-8-5-7(3-4-9(8)13)10(14)11(15)16-2/h3-6H,1-2H3. The molecular weight excluding hydrogens is 208 g/mol. The molecule has 0 unspecified atom stereocenters. The Morgan fingerprint density at radius 3 is 2.81 bits per heavy atom. The van der Waals surface area contributed by atoms with Crippen molar-refractivity contribution < 1.29 is 14.3 Å². The van der Waals surface area contributed by atoms with Crippen LogP contribution in [0.25, 0.3) is 11.0 Å². The van der Waals surface area contributed by atoms with Gasteiger partial charge in [-0.2, -0.15) is 0 Å². The van der Waals surface area contributed by atoms with Crippen LogP contribution >= 0.6 is 0 Å². The maximum Gasteiger partial charge on any atom is 0.379 e. The van der Waals surface area contributed by atoms with E-state index in [9.17, 15) is 9.59 Å². The quantitative estimate of drug-likeness (QED) is 0.427. The Bertz CT molecular complexity index is 572. The fraction of sp³-hybridized carbons (Fsp3) is 0.182. The van der Waals surface area contributed by atoms with E-state index < -0.39 is 11.8 Å². The van der Waals surface area contributed by atoms with Gasteiger partial charge < -0.3 is 9.30 Å². The summed E-state index contributed by atoms with van der Waals surface area (Å²) in [5, 5.41) is 0. The number of Topliss-reactive ketones (excluding diaryl/α,β-unsaturated/α-hetero) is 1. The number of benzene rings is 1. The molecule has 1 aromatic carbocycles. The topological polar surface area (TPSA) is 61.2 Å². The third kappa shape index (κ3) is 1.56. The van der Waals surface area contributed by atoms with Crippen LogP contribution in [-0.2, 0) is 16.6 Å². The largest absolute Gasteiger partial charge is 0.463 e. The molecule has 82 valence electrons. The van der Waals surface area contributed by atoms with Gasteiger partial charge in [0, 0.05) is 12.6 Å². The number of imidazole rings is 1. The molecule has 2 aromatic rings. The van der Waals surface area contributed by atoms with Crippen molar-refractivity contribution in [3.05, 3.63) is 30.1 Å². The van der Waals surface area contributed by atoms with E-state index in [2.05, 4.69) is 9.72 Å². The molecule has 0 aliphatic carbocycles. The first-order valence-corrected chi connectivity index (χ1v) is 4.67. The van der Waals surface area contributed by atoms with Gasteiger partial charge in [-0.3, -0.25) is 4.79 Å². The van der Waals surface area contributed by atoms with E-state index in [4.69, 9.17) is 0 Å². The number of ketones is 1. The molecule has 2 rings (SSSR count). The lowest BCUT2D eigenvalue weighted by atomic mass is 10.1. The third-order valence-corrected chi connectivity index (χ3v) is 2.36. The van der Waals surface area contributed by atoms with E-state index in [-0.39, 0.29) is 5.56 Å².